The highest BCUT2D eigenvalue weighted by molar-refractivity contribution is 5.74. The van der Waals surface area contributed by atoms with Crippen molar-refractivity contribution in [2.75, 3.05) is 0 Å². The zero-order valence-corrected chi connectivity index (χ0v) is 9.96. The first-order valence-electron chi connectivity index (χ1n) is 5.59. The Morgan fingerprint density at radius 2 is 1.67 bits per heavy atom. The predicted molar refractivity (Wildman–Crippen MR) is 66.6 cm³/mol. The molecule has 0 fully saturated rings. The van der Waals surface area contributed by atoms with E-state index in [2.05, 4.69) is 58.0 Å². The van der Waals surface area contributed by atoms with Gasteiger partial charge >= 0.3 is 0 Å². The molecule has 0 atom stereocenters. The summed E-state index contributed by atoms with van der Waals surface area (Å²) < 4.78 is 0. The van der Waals surface area contributed by atoms with Crippen molar-refractivity contribution in [3.05, 3.63) is 47.0 Å². The van der Waals surface area contributed by atoms with Gasteiger partial charge in [-0.3, -0.25) is 0 Å². The van der Waals surface area contributed by atoms with Crippen molar-refractivity contribution in [1.82, 2.24) is 0 Å². The maximum atomic E-state index is 2.27. The van der Waals surface area contributed by atoms with Crippen molar-refractivity contribution in [2.24, 2.45) is 0 Å². The van der Waals surface area contributed by atoms with Gasteiger partial charge in [0.05, 0.1) is 0 Å². The second kappa shape index (κ2) is 3.69. The molecule has 0 aromatic rings. The maximum absolute atomic E-state index is 2.27. The summed E-state index contributed by atoms with van der Waals surface area (Å²) in [4.78, 5) is 0. The van der Waals surface area contributed by atoms with E-state index in [1.807, 2.05) is 0 Å². The van der Waals surface area contributed by atoms with Crippen molar-refractivity contribution in [3.8, 4) is 11.1 Å². The van der Waals surface area contributed by atoms with E-state index in [0.29, 0.717) is 5.92 Å². The summed E-state index contributed by atoms with van der Waals surface area (Å²) >= 11 is 0. The first kappa shape index (κ1) is 10.2. The van der Waals surface area contributed by atoms with Gasteiger partial charge in [-0.05, 0) is 42.0 Å². The Balaban J connectivity index is 2.77. The average molecular weight is 198 g/mol. The molecule has 0 aromatic heterocycles. The van der Waals surface area contributed by atoms with E-state index in [1.165, 1.54) is 27.8 Å². The summed E-state index contributed by atoms with van der Waals surface area (Å²) in [5.41, 5.74) is 7.00. The van der Waals surface area contributed by atoms with Gasteiger partial charge in [-0.1, -0.05) is 49.7 Å². The zero-order chi connectivity index (χ0) is 11.0. The molecule has 0 unspecified atom stereocenters. The molecule has 0 aromatic carbocycles. The lowest BCUT2D eigenvalue weighted by Crippen LogP contribution is -1.89. The Labute approximate surface area is 92.3 Å². The lowest BCUT2D eigenvalue weighted by Gasteiger charge is -2.09. The fourth-order valence-electron chi connectivity index (χ4n) is 2.20. The topological polar surface area (TPSA) is 0 Å². The summed E-state index contributed by atoms with van der Waals surface area (Å²) in [6, 6.07) is 11.2. The van der Waals surface area contributed by atoms with Gasteiger partial charge in [-0.15, -0.1) is 0 Å². The largest absolute Gasteiger partial charge is 0.0590 e. The van der Waals surface area contributed by atoms with Crippen LogP contribution in [0.3, 0.4) is 0 Å². The average Bonchev–Trinajstić information content (AvgIpc) is 2.44. The highest BCUT2D eigenvalue weighted by Gasteiger charge is 2.12. The standard InChI is InChI=1S/C15H18/c1-10(2)14-8-5-11(3)9-13-7-6-12(4)15(13)14/h5-10H,1-4H3. The van der Waals surface area contributed by atoms with Crippen LogP contribution >= 0.6 is 0 Å². The van der Waals surface area contributed by atoms with Crippen molar-refractivity contribution >= 4 is 0 Å². The molecule has 2 rings (SSSR count). The number of hydrogen-bond donors (Lipinski definition) is 0. The third-order valence-corrected chi connectivity index (χ3v) is 3.02. The van der Waals surface area contributed by atoms with Gasteiger partial charge in [-0.2, -0.15) is 0 Å². The van der Waals surface area contributed by atoms with E-state index in [-0.39, 0.29) is 0 Å². The number of aryl methyl sites for hydroxylation is 2. The SMILES string of the molecule is Cc1ccc(C(C)C)c2c(C)ccc-2c1. The quantitative estimate of drug-likeness (QED) is 0.631. The van der Waals surface area contributed by atoms with E-state index in [0.717, 1.165) is 0 Å². The number of fused-ring (bicyclic) bond motifs is 1. The fourth-order valence-corrected chi connectivity index (χ4v) is 2.20. The van der Waals surface area contributed by atoms with Crippen LogP contribution in [-0.2, 0) is 0 Å². The predicted octanol–water partition coefficient (Wildman–Crippen LogP) is 4.53. The summed E-state index contributed by atoms with van der Waals surface area (Å²) in [6.45, 7) is 8.88. The summed E-state index contributed by atoms with van der Waals surface area (Å²) in [5, 5.41) is 0. The van der Waals surface area contributed by atoms with Crippen LogP contribution in [0.15, 0.2) is 30.3 Å². The molecule has 2 aliphatic carbocycles. The van der Waals surface area contributed by atoms with Gasteiger partial charge in [0.25, 0.3) is 0 Å². The minimum atomic E-state index is 0.584. The monoisotopic (exact) mass is 198 g/mol. The first-order valence-corrected chi connectivity index (χ1v) is 5.59. The normalized spacial score (nSPS) is 11.3. The van der Waals surface area contributed by atoms with E-state index in [9.17, 15) is 0 Å². The van der Waals surface area contributed by atoms with Gasteiger partial charge < -0.3 is 0 Å². The maximum Gasteiger partial charge on any atom is -0.0120 e. The van der Waals surface area contributed by atoms with Gasteiger partial charge in [-0.25, -0.2) is 0 Å². The van der Waals surface area contributed by atoms with Crippen LogP contribution in [0.1, 0.15) is 36.5 Å². The molecule has 15 heavy (non-hydrogen) atoms. The molecule has 0 bridgehead atoms. The number of rotatable bonds is 1. The highest BCUT2D eigenvalue weighted by atomic mass is 14.2. The molecule has 0 heterocycles. The molecule has 0 N–H and O–H groups in total. The molecule has 0 aliphatic heterocycles. The Hall–Kier alpha value is -1.30. The second-order valence-corrected chi connectivity index (χ2v) is 4.68. The lowest BCUT2D eigenvalue weighted by atomic mass is 9.96. The summed E-state index contributed by atoms with van der Waals surface area (Å²) in [6.07, 6.45) is 0. The molecule has 0 radical (unpaired) electrons. The molecule has 0 amide bonds. The summed E-state index contributed by atoms with van der Waals surface area (Å²) in [7, 11) is 0. The van der Waals surface area contributed by atoms with Crippen LogP contribution in [-0.4, -0.2) is 0 Å². The van der Waals surface area contributed by atoms with Crippen LogP contribution in [0.2, 0.25) is 0 Å². The van der Waals surface area contributed by atoms with Crippen LogP contribution in [0.4, 0.5) is 0 Å². The lowest BCUT2D eigenvalue weighted by molar-refractivity contribution is 0.870. The van der Waals surface area contributed by atoms with Crippen LogP contribution in [0.5, 0.6) is 0 Å². The third kappa shape index (κ3) is 1.77. The molecular formula is C15H18. The third-order valence-electron chi connectivity index (χ3n) is 3.02. The molecule has 0 saturated heterocycles. The smallest absolute Gasteiger partial charge is 0.0120 e. The molecule has 0 nitrogen and oxygen atoms in total. The Kier molecular flexibility index (Phi) is 2.52. The van der Waals surface area contributed by atoms with E-state index < -0.39 is 0 Å². The molecule has 78 valence electrons. The molecule has 0 saturated carbocycles. The molecule has 2 aliphatic rings. The minimum absolute atomic E-state index is 0.584. The minimum Gasteiger partial charge on any atom is -0.0590 e. The van der Waals surface area contributed by atoms with Crippen molar-refractivity contribution in [2.45, 2.75) is 33.6 Å². The Morgan fingerprint density at radius 3 is 2.33 bits per heavy atom. The van der Waals surface area contributed by atoms with Crippen LogP contribution in [0.25, 0.3) is 11.1 Å². The van der Waals surface area contributed by atoms with Crippen LogP contribution in [0, 0.1) is 13.8 Å². The van der Waals surface area contributed by atoms with E-state index in [4.69, 9.17) is 0 Å². The van der Waals surface area contributed by atoms with Crippen molar-refractivity contribution in [3.63, 3.8) is 0 Å². The molecule has 0 heteroatoms. The summed E-state index contributed by atoms with van der Waals surface area (Å²) in [5.74, 6) is 0.584. The van der Waals surface area contributed by atoms with Gasteiger partial charge in [0, 0.05) is 0 Å². The van der Waals surface area contributed by atoms with E-state index >= 15 is 0 Å². The van der Waals surface area contributed by atoms with Gasteiger partial charge in [0.2, 0.25) is 0 Å². The molecule has 0 spiro atoms. The van der Waals surface area contributed by atoms with Crippen LogP contribution < -0.4 is 0 Å². The van der Waals surface area contributed by atoms with Gasteiger partial charge in [0.15, 0.2) is 0 Å². The Morgan fingerprint density at radius 1 is 0.933 bits per heavy atom. The highest BCUT2D eigenvalue weighted by Crippen LogP contribution is 2.34. The van der Waals surface area contributed by atoms with E-state index in [1.54, 1.807) is 0 Å². The Bertz CT molecular complexity index is 452. The van der Waals surface area contributed by atoms with Crippen molar-refractivity contribution < 1.29 is 0 Å². The molecular weight excluding hydrogens is 180 g/mol. The first-order chi connectivity index (χ1) is 7.09. The fraction of sp³-hybridized carbons (Fsp3) is 0.333. The zero-order valence-electron chi connectivity index (χ0n) is 9.96. The van der Waals surface area contributed by atoms with Gasteiger partial charge in [0.1, 0.15) is 0 Å². The second-order valence-electron chi connectivity index (χ2n) is 4.68. The van der Waals surface area contributed by atoms with Crippen molar-refractivity contribution in [1.29, 1.82) is 0 Å². The number of hydrogen-bond acceptors (Lipinski definition) is 0.